The molecule has 0 aliphatic rings. The summed E-state index contributed by atoms with van der Waals surface area (Å²) in [6.45, 7) is 5.09. The predicted octanol–water partition coefficient (Wildman–Crippen LogP) is 2.82. The van der Waals surface area contributed by atoms with Crippen LogP contribution in [0.4, 0.5) is 11.4 Å². The molecular weight excluding hydrogens is 278 g/mol. The Labute approximate surface area is 130 Å². The van der Waals surface area contributed by atoms with Gasteiger partial charge < -0.3 is 15.4 Å². The van der Waals surface area contributed by atoms with Crippen LogP contribution in [0.25, 0.3) is 0 Å². The smallest absolute Gasteiger partial charge is 0.253 e. The Morgan fingerprint density at radius 2 is 2.09 bits per heavy atom. The summed E-state index contributed by atoms with van der Waals surface area (Å²) in [7, 11) is 1.60. The molecule has 5 nitrogen and oxygen atoms in total. The van der Waals surface area contributed by atoms with Gasteiger partial charge in [-0.3, -0.25) is 9.78 Å². The topological polar surface area (TPSA) is 63.2 Å². The van der Waals surface area contributed by atoms with E-state index in [2.05, 4.69) is 35.5 Å². The summed E-state index contributed by atoms with van der Waals surface area (Å²) in [6, 6.07) is 7.86. The summed E-state index contributed by atoms with van der Waals surface area (Å²) in [6.07, 6.45) is 3.25. The lowest BCUT2D eigenvalue weighted by Crippen LogP contribution is -2.27. The number of hydrogen-bond donors (Lipinski definition) is 2. The number of ether oxygens (including phenoxy) is 1. The lowest BCUT2D eigenvalue weighted by Gasteiger charge is -2.12. The van der Waals surface area contributed by atoms with Crippen molar-refractivity contribution in [2.45, 2.75) is 13.8 Å². The van der Waals surface area contributed by atoms with Crippen LogP contribution in [0.5, 0.6) is 0 Å². The second-order valence-corrected chi connectivity index (χ2v) is 5.08. The first kappa shape index (κ1) is 16.0. The van der Waals surface area contributed by atoms with Crippen molar-refractivity contribution >= 4 is 17.3 Å². The Balaban J connectivity index is 2.11. The van der Waals surface area contributed by atoms with E-state index >= 15 is 0 Å². The number of aryl methyl sites for hydroxylation is 1. The largest absolute Gasteiger partial charge is 0.383 e. The van der Waals surface area contributed by atoms with Crippen molar-refractivity contribution in [2.24, 2.45) is 0 Å². The number of aromatic nitrogens is 1. The van der Waals surface area contributed by atoms with E-state index < -0.39 is 0 Å². The number of benzene rings is 1. The van der Waals surface area contributed by atoms with Crippen LogP contribution in [0.1, 0.15) is 21.5 Å². The minimum absolute atomic E-state index is 0.158. The lowest BCUT2D eigenvalue weighted by atomic mass is 10.1. The fourth-order valence-corrected chi connectivity index (χ4v) is 2.04. The molecule has 1 amide bonds. The highest BCUT2D eigenvalue weighted by atomic mass is 16.5. The number of pyridine rings is 1. The monoisotopic (exact) mass is 299 g/mol. The molecule has 0 saturated carbocycles. The Bertz CT molecular complexity index is 656. The average molecular weight is 299 g/mol. The molecule has 0 unspecified atom stereocenters. The third-order valence-corrected chi connectivity index (χ3v) is 3.48. The fourth-order valence-electron chi connectivity index (χ4n) is 2.04. The van der Waals surface area contributed by atoms with E-state index in [1.807, 2.05) is 12.1 Å². The molecule has 1 aromatic heterocycles. The van der Waals surface area contributed by atoms with Gasteiger partial charge in [0.2, 0.25) is 0 Å². The third kappa shape index (κ3) is 4.05. The van der Waals surface area contributed by atoms with Crippen LogP contribution in [0, 0.1) is 13.8 Å². The van der Waals surface area contributed by atoms with Gasteiger partial charge in [0.25, 0.3) is 5.91 Å². The predicted molar refractivity (Wildman–Crippen MR) is 87.6 cm³/mol. The maximum absolute atomic E-state index is 12.0. The quantitative estimate of drug-likeness (QED) is 0.805. The van der Waals surface area contributed by atoms with Gasteiger partial charge in [-0.1, -0.05) is 12.1 Å². The van der Waals surface area contributed by atoms with Crippen molar-refractivity contribution in [3.05, 3.63) is 53.3 Å². The summed E-state index contributed by atoms with van der Waals surface area (Å²) in [5.41, 5.74) is 4.71. The first-order valence-corrected chi connectivity index (χ1v) is 7.17. The molecule has 0 aliphatic carbocycles. The summed E-state index contributed by atoms with van der Waals surface area (Å²) < 4.78 is 4.91. The number of hydrogen-bond acceptors (Lipinski definition) is 4. The van der Waals surface area contributed by atoms with E-state index in [1.54, 1.807) is 25.6 Å². The molecule has 22 heavy (non-hydrogen) atoms. The standard InChI is InChI=1S/C17H21N3O2/c1-12-5-4-6-16(13(12)2)20-15-9-14(10-18-11-15)17(21)19-7-8-22-3/h4-6,9-11,20H,7-8H2,1-3H3,(H,19,21). The van der Waals surface area contributed by atoms with Gasteiger partial charge in [0.05, 0.1) is 24.1 Å². The minimum atomic E-state index is -0.158. The molecule has 0 bridgehead atoms. The van der Waals surface area contributed by atoms with Crippen LogP contribution < -0.4 is 10.6 Å². The molecule has 116 valence electrons. The van der Waals surface area contributed by atoms with Crippen molar-refractivity contribution in [3.63, 3.8) is 0 Å². The molecule has 0 radical (unpaired) electrons. The Hall–Kier alpha value is -2.40. The van der Waals surface area contributed by atoms with Gasteiger partial charge in [0.15, 0.2) is 0 Å². The molecule has 1 aromatic carbocycles. The molecule has 5 heteroatoms. The Morgan fingerprint density at radius 3 is 2.86 bits per heavy atom. The number of nitrogens with zero attached hydrogens (tertiary/aromatic N) is 1. The number of methoxy groups -OCH3 is 1. The van der Waals surface area contributed by atoms with E-state index in [0.29, 0.717) is 18.7 Å². The second kappa shape index (κ2) is 7.56. The van der Waals surface area contributed by atoms with E-state index in [-0.39, 0.29) is 5.91 Å². The van der Waals surface area contributed by atoms with Gasteiger partial charge >= 0.3 is 0 Å². The molecule has 2 rings (SSSR count). The number of amides is 1. The maximum Gasteiger partial charge on any atom is 0.253 e. The first-order valence-electron chi connectivity index (χ1n) is 7.17. The summed E-state index contributed by atoms with van der Waals surface area (Å²) in [4.78, 5) is 16.1. The highest BCUT2D eigenvalue weighted by molar-refractivity contribution is 5.94. The zero-order valence-corrected chi connectivity index (χ0v) is 13.1. The number of carbonyl (C=O) groups excluding carboxylic acids is 1. The molecule has 2 N–H and O–H groups in total. The zero-order chi connectivity index (χ0) is 15.9. The zero-order valence-electron chi connectivity index (χ0n) is 13.1. The van der Waals surface area contributed by atoms with E-state index in [9.17, 15) is 4.79 Å². The van der Waals surface area contributed by atoms with Crippen LogP contribution in [-0.4, -0.2) is 31.2 Å². The van der Waals surface area contributed by atoms with Crippen molar-refractivity contribution < 1.29 is 9.53 Å². The fraction of sp³-hybridized carbons (Fsp3) is 0.294. The van der Waals surface area contributed by atoms with Crippen molar-refractivity contribution in [3.8, 4) is 0 Å². The SMILES string of the molecule is COCCNC(=O)c1cncc(Nc2cccc(C)c2C)c1. The second-order valence-electron chi connectivity index (χ2n) is 5.08. The molecule has 2 aromatic rings. The first-order chi connectivity index (χ1) is 10.6. The van der Waals surface area contributed by atoms with E-state index in [1.165, 1.54) is 11.1 Å². The van der Waals surface area contributed by atoms with Gasteiger partial charge in [0, 0.05) is 25.5 Å². The lowest BCUT2D eigenvalue weighted by molar-refractivity contribution is 0.0937. The normalized spacial score (nSPS) is 10.3. The van der Waals surface area contributed by atoms with Gasteiger partial charge in [-0.2, -0.15) is 0 Å². The summed E-state index contributed by atoms with van der Waals surface area (Å²) in [5, 5.41) is 6.09. The highest BCUT2D eigenvalue weighted by Crippen LogP contribution is 2.22. The summed E-state index contributed by atoms with van der Waals surface area (Å²) in [5.74, 6) is -0.158. The molecule has 0 saturated heterocycles. The van der Waals surface area contributed by atoms with Crippen molar-refractivity contribution in [1.29, 1.82) is 0 Å². The van der Waals surface area contributed by atoms with E-state index in [4.69, 9.17) is 4.74 Å². The number of anilines is 2. The third-order valence-electron chi connectivity index (χ3n) is 3.48. The van der Waals surface area contributed by atoms with Gasteiger partial charge in [-0.15, -0.1) is 0 Å². The molecule has 0 spiro atoms. The number of rotatable bonds is 6. The van der Waals surface area contributed by atoms with Crippen LogP contribution in [0.2, 0.25) is 0 Å². The summed E-state index contributed by atoms with van der Waals surface area (Å²) >= 11 is 0. The van der Waals surface area contributed by atoms with Crippen molar-refractivity contribution in [1.82, 2.24) is 10.3 Å². The Kier molecular flexibility index (Phi) is 5.49. The van der Waals surface area contributed by atoms with Gasteiger partial charge in [0.1, 0.15) is 0 Å². The average Bonchev–Trinajstić information content (AvgIpc) is 2.52. The van der Waals surface area contributed by atoms with E-state index in [0.717, 1.165) is 11.4 Å². The van der Waals surface area contributed by atoms with Crippen LogP contribution in [-0.2, 0) is 4.74 Å². The molecule has 0 atom stereocenters. The molecule has 0 aliphatic heterocycles. The van der Waals surface area contributed by atoms with Crippen LogP contribution in [0.15, 0.2) is 36.7 Å². The number of nitrogens with one attached hydrogen (secondary N) is 2. The Morgan fingerprint density at radius 1 is 1.27 bits per heavy atom. The highest BCUT2D eigenvalue weighted by Gasteiger charge is 2.07. The molecular formula is C17H21N3O2. The minimum Gasteiger partial charge on any atom is -0.383 e. The van der Waals surface area contributed by atoms with Crippen LogP contribution in [0.3, 0.4) is 0 Å². The maximum atomic E-state index is 12.0. The van der Waals surface area contributed by atoms with Crippen LogP contribution >= 0.6 is 0 Å². The molecule has 0 fully saturated rings. The molecule has 1 heterocycles. The van der Waals surface area contributed by atoms with Gasteiger partial charge in [-0.05, 0) is 37.1 Å². The van der Waals surface area contributed by atoms with Crippen molar-refractivity contribution in [2.75, 3.05) is 25.6 Å². The number of carbonyl (C=O) groups is 1. The van der Waals surface area contributed by atoms with Gasteiger partial charge in [-0.25, -0.2) is 0 Å².